The quantitative estimate of drug-likeness (QED) is 0.586. The van der Waals surface area contributed by atoms with Gasteiger partial charge in [-0.3, -0.25) is 9.78 Å². The van der Waals surface area contributed by atoms with Crippen molar-refractivity contribution in [1.82, 2.24) is 10.3 Å². The molecule has 0 aliphatic rings. The molecule has 0 bridgehead atoms. The Bertz CT molecular complexity index is 346. The zero-order valence-electron chi connectivity index (χ0n) is 8.52. The number of hydrogen-bond donors (Lipinski definition) is 1. The first-order chi connectivity index (χ1) is 7.27. The molecule has 0 aromatic carbocycles. The van der Waals surface area contributed by atoms with Crippen molar-refractivity contribution in [2.45, 2.75) is 12.5 Å². The molecule has 0 fully saturated rings. The lowest BCUT2D eigenvalue weighted by atomic mass is 10.1. The molecule has 1 aromatic rings. The van der Waals surface area contributed by atoms with E-state index in [-0.39, 0.29) is 11.9 Å². The topological polar surface area (TPSA) is 42.0 Å². The van der Waals surface area contributed by atoms with Gasteiger partial charge in [-0.25, -0.2) is 0 Å². The van der Waals surface area contributed by atoms with E-state index in [1.54, 1.807) is 12.3 Å². The molecule has 0 spiro atoms. The Morgan fingerprint density at radius 3 is 2.87 bits per heavy atom. The summed E-state index contributed by atoms with van der Waals surface area (Å²) >= 11 is 0. The van der Waals surface area contributed by atoms with Crippen LogP contribution in [0.5, 0.6) is 0 Å². The number of hydrogen-bond acceptors (Lipinski definition) is 2. The van der Waals surface area contributed by atoms with Crippen molar-refractivity contribution in [1.29, 1.82) is 0 Å². The highest BCUT2D eigenvalue weighted by molar-refractivity contribution is 5.87. The third-order valence-corrected chi connectivity index (χ3v) is 1.95. The highest BCUT2D eigenvalue weighted by atomic mass is 16.1. The first-order valence-corrected chi connectivity index (χ1v) is 4.72. The first-order valence-electron chi connectivity index (χ1n) is 4.72. The fraction of sp³-hybridized carbons (Fsp3) is 0.167. The number of rotatable bonds is 5. The van der Waals surface area contributed by atoms with E-state index in [1.165, 1.54) is 6.08 Å². The zero-order chi connectivity index (χ0) is 11.1. The van der Waals surface area contributed by atoms with Crippen molar-refractivity contribution in [2.75, 3.05) is 0 Å². The van der Waals surface area contributed by atoms with E-state index in [4.69, 9.17) is 0 Å². The predicted molar refractivity (Wildman–Crippen MR) is 60.1 cm³/mol. The summed E-state index contributed by atoms with van der Waals surface area (Å²) in [7, 11) is 0. The second-order valence-corrected chi connectivity index (χ2v) is 3.04. The van der Waals surface area contributed by atoms with Crippen LogP contribution in [0.4, 0.5) is 0 Å². The van der Waals surface area contributed by atoms with E-state index in [0.29, 0.717) is 6.42 Å². The van der Waals surface area contributed by atoms with Crippen molar-refractivity contribution < 1.29 is 4.79 Å². The summed E-state index contributed by atoms with van der Waals surface area (Å²) in [4.78, 5) is 15.4. The number of carbonyl (C=O) groups excluding carboxylic acids is 1. The van der Waals surface area contributed by atoms with Gasteiger partial charge in [-0.1, -0.05) is 18.7 Å². The van der Waals surface area contributed by atoms with Crippen LogP contribution in [0.15, 0.2) is 49.7 Å². The summed E-state index contributed by atoms with van der Waals surface area (Å²) in [5.74, 6) is -0.201. The molecular weight excluding hydrogens is 188 g/mol. The van der Waals surface area contributed by atoms with Crippen LogP contribution < -0.4 is 5.32 Å². The highest BCUT2D eigenvalue weighted by Crippen LogP contribution is 2.13. The Hall–Kier alpha value is -1.90. The molecule has 78 valence electrons. The molecule has 0 aliphatic carbocycles. The zero-order valence-corrected chi connectivity index (χ0v) is 8.52. The second kappa shape index (κ2) is 5.75. The van der Waals surface area contributed by atoms with Gasteiger partial charge in [-0.05, 0) is 24.6 Å². The molecular formula is C12H14N2O. The summed E-state index contributed by atoms with van der Waals surface area (Å²) in [5.41, 5.74) is 0.826. The van der Waals surface area contributed by atoms with Crippen LogP contribution in [0.1, 0.15) is 18.2 Å². The Morgan fingerprint density at radius 2 is 2.33 bits per heavy atom. The molecule has 1 rings (SSSR count). The third-order valence-electron chi connectivity index (χ3n) is 1.95. The molecule has 0 radical (unpaired) electrons. The number of aromatic nitrogens is 1. The lowest BCUT2D eigenvalue weighted by molar-refractivity contribution is -0.117. The van der Waals surface area contributed by atoms with Gasteiger partial charge in [-0.2, -0.15) is 0 Å². The van der Waals surface area contributed by atoms with E-state index >= 15 is 0 Å². The van der Waals surface area contributed by atoms with Crippen LogP contribution in [-0.2, 0) is 4.79 Å². The third kappa shape index (κ3) is 3.38. The maximum absolute atomic E-state index is 11.2. The van der Waals surface area contributed by atoms with Gasteiger partial charge in [0.05, 0.1) is 11.7 Å². The van der Waals surface area contributed by atoms with E-state index < -0.39 is 0 Å². The van der Waals surface area contributed by atoms with Crippen molar-refractivity contribution in [3.8, 4) is 0 Å². The molecule has 1 N–H and O–H groups in total. The Morgan fingerprint density at radius 1 is 1.53 bits per heavy atom. The van der Waals surface area contributed by atoms with Crippen LogP contribution in [-0.4, -0.2) is 10.9 Å². The normalized spacial score (nSPS) is 11.5. The van der Waals surface area contributed by atoms with Crippen molar-refractivity contribution in [3.63, 3.8) is 0 Å². The number of nitrogens with zero attached hydrogens (tertiary/aromatic N) is 1. The van der Waals surface area contributed by atoms with Gasteiger partial charge >= 0.3 is 0 Å². The Kier molecular flexibility index (Phi) is 4.29. The summed E-state index contributed by atoms with van der Waals surface area (Å²) in [6, 6.07) is 5.47. The van der Waals surface area contributed by atoms with E-state index in [1.807, 2.05) is 18.2 Å². The highest BCUT2D eigenvalue weighted by Gasteiger charge is 2.11. The average molecular weight is 202 g/mol. The molecule has 0 saturated carbocycles. The largest absolute Gasteiger partial charge is 0.344 e. The van der Waals surface area contributed by atoms with Gasteiger partial charge in [-0.15, -0.1) is 6.58 Å². The number of amides is 1. The first kappa shape index (κ1) is 11.2. The fourth-order valence-electron chi connectivity index (χ4n) is 1.23. The lowest BCUT2D eigenvalue weighted by Crippen LogP contribution is -2.26. The molecule has 15 heavy (non-hydrogen) atoms. The molecule has 1 atom stereocenters. The molecule has 1 aromatic heterocycles. The van der Waals surface area contributed by atoms with Gasteiger partial charge in [0.1, 0.15) is 0 Å². The summed E-state index contributed by atoms with van der Waals surface area (Å²) in [5, 5.41) is 2.79. The molecule has 0 saturated heterocycles. The Labute approximate surface area is 89.5 Å². The molecule has 3 heteroatoms. The summed E-state index contributed by atoms with van der Waals surface area (Å²) in [6.07, 6.45) is 5.35. The maximum Gasteiger partial charge on any atom is 0.243 e. The number of pyridine rings is 1. The smallest absolute Gasteiger partial charge is 0.243 e. The molecule has 1 amide bonds. The molecule has 0 aliphatic heterocycles. The van der Waals surface area contributed by atoms with E-state index in [0.717, 1.165) is 5.69 Å². The minimum absolute atomic E-state index is 0.130. The van der Waals surface area contributed by atoms with E-state index in [9.17, 15) is 4.79 Å². The predicted octanol–water partition coefficient (Wildman–Crippen LogP) is 2.00. The van der Waals surface area contributed by atoms with Gasteiger partial charge in [0.2, 0.25) is 5.91 Å². The van der Waals surface area contributed by atoms with Gasteiger partial charge in [0, 0.05) is 6.20 Å². The molecule has 3 nitrogen and oxygen atoms in total. The van der Waals surface area contributed by atoms with Crippen molar-refractivity contribution in [3.05, 3.63) is 55.4 Å². The lowest BCUT2D eigenvalue weighted by Gasteiger charge is -2.15. The van der Waals surface area contributed by atoms with Gasteiger partial charge in [0.25, 0.3) is 0 Å². The SMILES string of the molecule is C=CC[C@H](NC(=O)C=C)c1ccccn1. The minimum atomic E-state index is -0.201. The Balaban J connectivity index is 2.78. The monoisotopic (exact) mass is 202 g/mol. The van der Waals surface area contributed by atoms with Gasteiger partial charge < -0.3 is 5.32 Å². The standard InChI is InChI=1S/C12H14N2O/c1-3-7-11(14-12(15)4-2)10-8-5-6-9-13-10/h3-6,8-9,11H,1-2,7H2,(H,14,15)/t11-/m0/s1. The molecule has 0 unspecified atom stereocenters. The number of nitrogens with one attached hydrogen (secondary N) is 1. The van der Waals surface area contributed by atoms with Crippen LogP contribution in [0, 0.1) is 0 Å². The van der Waals surface area contributed by atoms with Crippen molar-refractivity contribution >= 4 is 5.91 Å². The average Bonchev–Trinajstić information content (AvgIpc) is 2.29. The number of carbonyl (C=O) groups is 1. The van der Waals surface area contributed by atoms with Crippen molar-refractivity contribution in [2.24, 2.45) is 0 Å². The van der Waals surface area contributed by atoms with Crippen LogP contribution in [0.2, 0.25) is 0 Å². The maximum atomic E-state index is 11.2. The van der Waals surface area contributed by atoms with Crippen LogP contribution in [0.3, 0.4) is 0 Å². The summed E-state index contributed by atoms with van der Waals surface area (Å²) < 4.78 is 0. The molecule has 1 heterocycles. The summed E-state index contributed by atoms with van der Waals surface area (Å²) in [6.45, 7) is 7.06. The van der Waals surface area contributed by atoms with Crippen LogP contribution in [0.25, 0.3) is 0 Å². The second-order valence-electron chi connectivity index (χ2n) is 3.04. The van der Waals surface area contributed by atoms with Gasteiger partial charge in [0.15, 0.2) is 0 Å². The van der Waals surface area contributed by atoms with E-state index in [2.05, 4.69) is 23.5 Å². The minimum Gasteiger partial charge on any atom is -0.344 e. The van der Waals surface area contributed by atoms with Crippen LogP contribution >= 0.6 is 0 Å². The fourth-order valence-corrected chi connectivity index (χ4v) is 1.23.